The highest BCUT2D eigenvalue weighted by atomic mass is 16.3. The smallest absolute Gasteiger partial charge is 0.293 e. The van der Waals surface area contributed by atoms with Gasteiger partial charge in [0.2, 0.25) is 0 Å². The number of amides is 2. The molecule has 6 heteroatoms. The molecule has 0 unspecified atom stereocenters. The van der Waals surface area contributed by atoms with E-state index in [4.69, 9.17) is 16.1 Å². The van der Waals surface area contributed by atoms with Crippen molar-refractivity contribution in [2.75, 3.05) is 0 Å². The summed E-state index contributed by atoms with van der Waals surface area (Å²) in [4.78, 5) is 21.7. The SMILES string of the molecule is N#CC[C@H](N)C1=C(O)C(=O)NC1=O. The lowest BCUT2D eigenvalue weighted by atomic mass is 10.1. The first-order chi connectivity index (χ1) is 6.07. The van der Waals surface area contributed by atoms with Crippen LogP contribution in [0, 0.1) is 11.3 Å². The average Bonchev–Trinajstić information content (AvgIpc) is 2.27. The topological polar surface area (TPSA) is 116 Å². The van der Waals surface area contributed by atoms with Gasteiger partial charge in [0.05, 0.1) is 24.1 Å². The third kappa shape index (κ3) is 1.50. The molecule has 1 atom stereocenters. The number of imide groups is 1. The van der Waals surface area contributed by atoms with E-state index in [9.17, 15) is 9.59 Å². The fraction of sp³-hybridized carbons (Fsp3) is 0.286. The molecule has 0 spiro atoms. The number of nitrogens with one attached hydrogen (secondary N) is 1. The van der Waals surface area contributed by atoms with Crippen molar-refractivity contribution in [1.82, 2.24) is 5.32 Å². The maximum absolute atomic E-state index is 11.0. The molecule has 0 aromatic carbocycles. The summed E-state index contributed by atoms with van der Waals surface area (Å²) in [6.45, 7) is 0. The lowest BCUT2D eigenvalue weighted by molar-refractivity contribution is -0.125. The number of nitrogens with zero attached hydrogens (tertiary/aromatic N) is 1. The van der Waals surface area contributed by atoms with Crippen molar-refractivity contribution in [3.8, 4) is 6.07 Å². The van der Waals surface area contributed by atoms with E-state index in [0.717, 1.165) is 0 Å². The number of hydrogen-bond donors (Lipinski definition) is 3. The van der Waals surface area contributed by atoms with Gasteiger partial charge < -0.3 is 10.8 Å². The second-order valence-electron chi connectivity index (χ2n) is 2.51. The van der Waals surface area contributed by atoms with E-state index >= 15 is 0 Å². The molecule has 0 saturated carbocycles. The van der Waals surface area contributed by atoms with Gasteiger partial charge in [0.1, 0.15) is 0 Å². The molecule has 4 N–H and O–H groups in total. The standard InChI is InChI=1S/C7H7N3O3/c8-2-1-3(9)4-5(11)7(13)10-6(4)12/h3H,1,9H2,(H2,10,11,12,13)/t3-/m0/s1. The third-order valence-corrected chi connectivity index (χ3v) is 1.62. The van der Waals surface area contributed by atoms with Gasteiger partial charge in [-0.25, -0.2) is 0 Å². The minimum Gasteiger partial charge on any atom is -0.503 e. The molecule has 0 fully saturated rings. The normalized spacial score (nSPS) is 18.5. The fourth-order valence-corrected chi connectivity index (χ4v) is 1.00. The van der Waals surface area contributed by atoms with Crippen LogP contribution in [-0.4, -0.2) is 23.0 Å². The highest BCUT2D eigenvalue weighted by Gasteiger charge is 2.33. The van der Waals surface area contributed by atoms with Crippen LogP contribution in [0.4, 0.5) is 0 Å². The molecule has 0 bridgehead atoms. The van der Waals surface area contributed by atoms with Crippen molar-refractivity contribution in [1.29, 1.82) is 5.26 Å². The van der Waals surface area contributed by atoms with Crippen LogP contribution in [0.5, 0.6) is 0 Å². The molecule has 2 amide bonds. The number of carbonyl (C=O) groups is 2. The molecule has 0 saturated heterocycles. The average molecular weight is 181 g/mol. The van der Waals surface area contributed by atoms with Crippen LogP contribution < -0.4 is 11.1 Å². The van der Waals surface area contributed by atoms with Crippen LogP contribution in [0.15, 0.2) is 11.3 Å². The second kappa shape index (κ2) is 3.25. The Morgan fingerprint density at radius 3 is 2.54 bits per heavy atom. The summed E-state index contributed by atoms with van der Waals surface area (Å²) in [6, 6.07) is 0.819. The fourth-order valence-electron chi connectivity index (χ4n) is 1.00. The Balaban J connectivity index is 2.96. The number of rotatable bonds is 2. The van der Waals surface area contributed by atoms with Gasteiger partial charge in [0.15, 0.2) is 5.76 Å². The van der Waals surface area contributed by atoms with E-state index < -0.39 is 23.6 Å². The van der Waals surface area contributed by atoms with E-state index in [1.807, 2.05) is 5.32 Å². The van der Waals surface area contributed by atoms with E-state index in [1.165, 1.54) is 0 Å². The molecular formula is C7H7N3O3. The summed E-state index contributed by atoms with van der Waals surface area (Å²) >= 11 is 0. The minimum atomic E-state index is -0.920. The number of aliphatic hydroxyl groups is 1. The summed E-state index contributed by atoms with van der Waals surface area (Å²) < 4.78 is 0. The Kier molecular flexibility index (Phi) is 2.30. The van der Waals surface area contributed by atoms with Gasteiger partial charge in [0, 0.05) is 0 Å². The molecule has 1 aliphatic rings. The maximum atomic E-state index is 11.0. The van der Waals surface area contributed by atoms with Gasteiger partial charge in [0.25, 0.3) is 11.8 Å². The molecule has 1 aliphatic heterocycles. The first-order valence-corrected chi connectivity index (χ1v) is 3.49. The van der Waals surface area contributed by atoms with Crippen LogP contribution in [-0.2, 0) is 9.59 Å². The highest BCUT2D eigenvalue weighted by Crippen LogP contribution is 2.14. The van der Waals surface area contributed by atoms with Crippen molar-refractivity contribution in [3.63, 3.8) is 0 Å². The van der Waals surface area contributed by atoms with E-state index in [-0.39, 0.29) is 12.0 Å². The lowest BCUT2D eigenvalue weighted by Crippen LogP contribution is -2.30. The molecular weight excluding hydrogens is 174 g/mol. The Bertz CT molecular complexity index is 339. The summed E-state index contributed by atoms with van der Waals surface area (Å²) in [5.41, 5.74) is 5.16. The van der Waals surface area contributed by atoms with Gasteiger partial charge >= 0.3 is 0 Å². The zero-order valence-corrected chi connectivity index (χ0v) is 6.57. The van der Waals surface area contributed by atoms with Crippen molar-refractivity contribution in [3.05, 3.63) is 11.3 Å². The third-order valence-electron chi connectivity index (χ3n) is 1.62. The number of nitrogens with two attached hydrogens (primary N) is 1. The van der Waals surface area contributed by atoms with Gasteiger partial charge in [-0.2, -0.15) is 5.26 Å². The van der Waals surface area contributed by atoms with Crippen LogP contribution in [0.25, 0.3) is 0 Å². The molecule has 13 heavy (non-hydrogen) atoms. The molecule has 0 aromatic rings. The highest BCUT2D eigenvalue weighted by molar-refractivity contribution is 6.18. The van der Waals surface area contributed by atoms with Crippen molar-refractivity contribution >= 4 is 11.8 Å². The Morgan fingerprint density at radius 2 is 2.15 bits per heavy atom. The molecule has 6 nitrogen and oxygen atoms in total. The molecule has 0 radical (unpaired) electrons. The van der Waals surface area contributed by atoms with Crippen LogP contribution in [0.3, 0.4) is 0 Å². The number of nitriles is 1. The Hall–Kier alpha value is -1.87. The van der Waals surface area contributed by atoms with Crippen LogP contribution in [0.1, 0.15) is 6.42 Å². The Morgan fingerprint density at radius 1 is 1.54 bits per heavy atom. The number of hydrogen-bond acceptors (Lipinski definition) is 5. The molecule has 68 valence electrons. The summed E-state index contributed by atoms with van der Waals surface area (Å²) in [5, 5.41) is 19.2. The van der Waals surface area contributed by atoms with Gasteiger partial charge in [-0.15, -0.1) is 0 Å². The van der Waals surface area contributed by atoms with Gasteiger partial charge in [-0.3, -0.25) is 14.9 Å². The largest absolute Gasteiger partial charge is 0.503 e. The van der Waals surface area contributed by atoms with E-state index in [0.29, 0.717) is 0 Å². The predicted molar refractivity (Wildman–Crippen MR) is 41.0 cm³/mol. The van der Waals surface area contributed by atoms with E-state index in [1.54, 1.807) is 6.07 Å². The second-order valence-corrected chi connectivity index (χ2v) is 2.51. The molecule has 0 aliphatic carbocycles. The minimum absolute atomic E-state index is 0.125. The van der Waals surface area contributed by atoms with Gasteiger partial charge in [-0.1, -0.05) is 0 Å². The van der Waals surface area contributed by atoms with Crippen molar-refractivity contribution in [2.24, 2.45) is 5.73 Å². The van der Waals surface area contributed by atoms with Gasteiger partial charge in [-0.05, 0) is 0 Å². The molecule has 1 rings (SSSR count). The lowest BCUT2D eigenvalue weighted by Gasteiger charge is -2.05. The zero-order valence-electron chi connectivity index (χ0n) is 6.57. The quantitative estimate of drug-likeness (QED) is 0.457. The summed E-state index contributed by atoms with van der Waals surface area (Å²) in [7, 11) is 0. The van der Waals surface area contributed by atoms with E-state index in [2.05, 4.69) is 0 Å². The first-order valence-electron chi connectivity index (χ1n) is 3.49. The van der Waals surface area contributed by atoms with Crippen LogP contribution >= 0.6 is 0 Å². The molecule has 1 heterocycles. The Labute approximate surface area is 73.6 Å². The molecule has 0 aromatic heterocycles. The predicted octanol–water partition coefficient (Wildman–Crippen LogP) is -1.30. The van der Waals surface area contributed by atoms with Crippen LogP contribution in [0.2, 0.25) is 0 Å². The van der Waals surface area contributed by atoms with Crippen molar-refractivity contribution < 1.29 is 14.7 Å². The summed E-state index contributed by atoms with van der Waals surface area (Å²) in [5.74, 6) is -2.29. The maximum Gasteiger partial charge on any atom is 0.293 e. The monoisotopic (exact) mass is 181 g/mol. The first kappa shape index (κ1) is 9.22. The van der Waals surface area contributed by atoms with Crippen molar-refractivity contribution in [2.45, 2.75) is 12.5 Å². The number of aliphatic hydroxyl groups excluding tert-OH is 1. The summed E-state index contributed by atoms with van der Waals surface area (Å²) in [6.07, 6.45) is -0.125. The zero-order chi connectivity index (χ0) is 10.0. The number of carbonyl (C=O) groups excluding carboxylic acids is 2.